The summed E-state index contributed by atoms with van der Waals surface area (Å²) in [5.74, 6) is 0. The van der Waals surface area contributed by atoms with Gasteiger partial charge in [0.25, 0.3) is 0 Å². The van der Waals surface area contributed by atoms with Crippen LogP contribution in [0.15, 0.2) is 36.7 Å². The lowest BCUT2D eigenvalue weighted by Gasteiger charge is -2.02. The number of ether oxygens (including phenoxy) is 1. The molecular weight excluding hydrogens is 226 g/mol. The smallest absolute Gasteiger partial charge is 0.0569 e. The average Bonchev–Trinajstić information content (AvgIpc) is 2.84. The van der Waals surface area contributed by atoms with Crippen LogP contribution in [0, 0.1) is 0 Å². The van der Waals surface area contributed by atoms with Gasteiger partial charge in [0.15, 0.2) is 0 Å². The number of para-hydroxylation sites is 1. The van der Waals surface area contributed by atoms with Gasteiger partial charge in [0, 0.05) is 42.8 Å². The fourth-order valence-electron chi connectivity index (χ4n) is 1.86. The lowest BCUT2D eigenvalue weighted by molar-refractivity contribution is 0.141. The monoisotopic (exact) mass is 245 g/mol. The van der Waals surface area contributed by atoms with Gasteiger partial charge in [-0.2, -0.15) is 5.10 Å². The summed E-state index contributed by atoms with van der Waals surface area (Å²) in [6.07, 6.45) is 4.85. The second kappa shape index (κ2) is 6.21. The molecule has 0 saturated heterocycles. The molecule has 1 aromatic carbocycles. The van der Waals surface area contributed by atoms with Crippen LogP contribution in [0.1, 0.15) is 13.3 Å². The summed E-state index contributed by atoms with van der Waals surface area (Å²) >= 11 is 0. The predicted octanol–water partition coefficient (Wildman–Crippen LogP) is 2.56. The predicted molar refractivity (Wildman–Crippen MR) is 73.2 cm³/mol. The lowest BCUT2D eigenvalue weighted by atomic mass is 10.1. The number of hydrogen-bond donors (Lipinski definition) is 1. The van der Waals surface area contributed by atoms with Crippen LogP contribution in [0.5, 0.6) is 0 Å². The standard InChI is InChI=1S/C14H19N3O/c1-2-18-9-5-8-17-11-12(10-16-17)13-6-3-4-7-14(13)15/h3-4,6-7,10-11H,2,5,8-9,15H2,1H3. The first-order valence-electron chi connectivity index (χ1n) is 6.26. The van der Waals surface area contributed by atoms with Crippen molar-refractivity contribution in [3.8, 4) is 11.1 Å². The summed E-state index contributed by atoms with van der Waals surface area (Å²) in [6, 6.07) is 7.84. The largest absolute Gasteiger partial charge is 0.398 e. The molecular formula is C14H19N3O. The minimum atomic E-state index is 0.769. The Kier molecular flexibility index (Phi) is 4.36. The highest BCUT2D eigenvalue weighted by Gasteiger charge is 2.04. The summed E-state index contributed by atoms with van der Waals surface area (Å²) in [6.45, 7) is 4.42. The summed E-state index contributed by atoms with van der Waals surface area (Å²) < 4.78 is 7.24. The van der Waals surface area contributed by atoms with Crippen LogP contribution in [0.25, 0.3) is 11.1 Å². The van der Waals surface area contributed by atoms with E-state index in [9.17, 15) is 0 Å². The van der Waals surface area contributed by atoms with Crippen molar-refractivity contribution in [3.63, 3.8) is 0 Å². The summed E-state index contributed by atoms with van der Waals surface area (Å²) in [4.78, 5) is 0. The van der Waals surface area contributed by atoms with Gasteiger partial charge in [0.2, 0.25) is 0 Å². The fraction of sp³-hybridized carbons (Fsp3) is 0.357. The van der Waals surface area contributed by atoms with Gasteiger partial charge < -0.3 is 10.5 Å². The molecule has 0 amide bonds. The molecule has 0 aliphatic carbocycles. The van der Waals surface area contributed by atoms with Gasteiger partial charge in [-0.15, -0.1) is 0 Å². The van der Waals surface area contributed by atoms with Gasteiger partial charge in [-0.3, -0.25) is 4.68 Å². The molecule has 0 aliphatic rings. The second-order valence-electron chi connectivity index (χ2n) is 4.13. The van der Waals surface area contributed by atoms with Gasteiger partial charge >= 0.3 is 0 Å². The first-order chi connectivity index (χ1) is 8.81. The van der Waals surface area contributed by atoms with E-state index in [1.165, 1.54) is 0 Å². The van der Waals surface area contributed by atoms with Gasteiger partial charge in [-0.1, -0.05) is 18.2 Å². The number of hydrogen-bond acceptors (Lipinski definition) is 3. The quantitative estimate of drug-likeness (QED) is 0.628. The van der Waals surface area contributed by atoms with E-state index in [2.05, 4.69) is 5.10 Å². The second-order valence-corrected chi connectivity index (χ2v) is 4.13. The van der Waals surface area contributed by atoms with E-state index in [1.807, 2.05) is 48.3 Å². The van der Waals surface area contributed by atoms with Crippen LogP contribution >= 0.6 is 0 Å². The van der Waals surface area contributed by atoms with Crippen molar-refractivity contribution < 1.29 is 4.74 Å². The van der Waals surface area contributed by atoms with Crippen LogP contribution < -0.4 is 5.73 Å². The molecule has 0 spiro atoms. The number of rotatable bonds is 6. The molecule has 96 valence electrons. The molecule has 0 unspecified atom stereocenters. The molecule has 4 nitrogen and oxygen atoms in total. The van der Waals surface area contributed by atoms with Crippen molar-refractivity contribution in [3.05, 3.63) is 36.7 Å². The zero-order valence-corrected chi connectivity index (χ0v) is 10.7. The maximum Gasteiger partial charge on any atom is 0.0569 e. The molecule has 4 heteroatoms. The van der Waals surface area contributed by atoms with E-state index in [4.69, 9.17) is 10.5 Å². The number of nitrogens with two attached hydrogens (primary N) is 1. The highest BCUT2D eigenvalue weighted by atomic mass is 16.5. The van der Waals surface area contributed by atoms with Crippen molar-refractivity contribution in [2.75, 3.05) is 18.9 Å². The highest BCUT2D eigenvalue weighted by molar-refractivity contribution is 5.75. The Balaban J connectivity index is 2.00. The first-order valence-corrected chi connectivity index (χ1v) is 6.26. The van der Waals surface area contributed by atoms with Crippen LogP contribution in [0.2, 0.25) is 0 Å². The van der Waals surface area contributed by atoms with E-state index in [-0.39, 0.29) is 0 Å². The van der Waals surface area contributed by atoms with E-state index < -0.39 is 0 Å². The molecule has 0 aliphatic heterocycles. The topological polar surface area (TPSA) is 53.1 Å². The fourth-order valence-corrected chi connectivity index (χ4v) is 1.86. The summed E-state index contributed by atoms with van der Waals surface area (Å²) in [7, 11) is 0. The number of nitrogen functional groups attached to an aromatic ring is 1. The van der Waals surface area contributed by atoms with Crippen molar-refractivity contribution >= 4 is 5.69 Å². The number of aryl methyl sites for hydroxylation is 1. The van der Waals surface area contributed by atoms with E-state index >= 15 is 0 Å². The molecule has 1 heterocycles. The number of anilines is 1. The van der Waals surface area contributed by atoms with Gasteiger partial charge in [0.05, 0.1) is 6.20 Å². The maximum absolute atomic E-state index is 5.94. The minimum Gasteiger partial charge on any atom is -0.398 e. The zero-order chi connectivity index (χ0) is 12.8. The maximum atomic E-state index is 5.94. The third-order valence-corrected chi connectivity index (χ3v) is 2.79. The molecule has 18 heavy (non-hydrogen) atoms. The lowest BCUT2D eigenvalue weighted by Crippen LogP contribution is -2.02. The Bertz CT molecular complexity index is 493. The van der Waals surface area contributed by atoms with Crippen LogP contribution in [-0.4, -0.2) is 23.0 Å². The Morgan fingerprint density at radius 2 is 2.17 bits per heavy atom. The molecule has 0 bridgehead atoms. The Hall–Kier alpha value is -1.81. The minimum absolute atomic E-state index is 0.769. The molecule has 0 atom stereocenters. The van der Waals surface area contributed by atoms with Crippen molar-refractivity contribution in [1.29, 1.82) is 0 Å². The number of nitrogens with zero attached hydrogens (tertiary/aromatic N) is 2. The average molecular weight is 245 g/mol. The number of benzene rings is 1. The first kappa shape index (κ1) is 12.6. The molecule has 0 saturated carbocycles. The van der Waals surface area contributed by atoms with Gasteiger partial charge in [-0.25, -0.2) is 0 Å². The molecule has 0 radical (unpaired) electrons. The molecule has 2 aromatic rings. The third kappa shape index (κ3) is 3.11. The number of aromatic nitrogens is 2. The van der Waals surface area contributed by atoms with E-state index in [0.29, 0.717) is 0 Å². The van der Waals surface area contributed by atoms with Crippen LogP contribution in [-0.2, 0) is 11.3 Å². The van der Waals surface area contributed by atoms with Gasteiger partial charge in [-0.05, 0) is 19.4 Å². The van der Waals surface area contributed by atoms with E-state index in [0.717, 1.165) is 43.0 Å². The zero-order valence-electron chi connectivity index (χ0n) is 10.7. The Morgan fingerprint density at radius 3 is 2.94 bits per heavy atom. The molecule has 2 rings (SSSR count). The summed E-state index contributed by atoms with van der Waals surface area (Å²) in [5, 5.41) is 4.34. The molecule has 1 aromatic heterocycles. The van der Waals surface area contributed by atoms with Crippen LogP contribution in [0.4, 0.5) is 5.69 Å². The van der Waals surface area contributed by atoms with Crippen LogP contribution in [0.3, 0.4) is 0 Å². The molecule has 2 N–H and O–H groups in total. The summed E-state index contributed by atoms with van der Waals surface area (Å²) in [5.41, 5.74) is 8.82. The normalized spacial score (nSPS) is 10.7. The van der Waals surface area contributed by atoms with Gasteiger partial charge in [0.1, 0.15) is 0 Å². The SMILES string of the molecule is CCOCCCn1cc(-c2ccccc2N)cn1. The Morgan fingerprint density at radius 1 is 1.33 bits per heavy atom. The Labute approximate surface area is 107 Å². The van der Waals surface area contributed by atoms with E-state index in [1.54, 1.807) is 0 Å². The third-order valence-electron chi connectivity index (χ3n) is 2.79. The highest BCUT2D eigenvalue weighted by Crippen LogP contribution is 2.24. The van der Waals surface area contributed by atoms with Crippen molar-refractivity contribution in [2.45, 2.75) is 19.9 Å². The van der Waals surface area contributed by atoms with Crippen molar-refractivity contribution in [1.82, 2.24) is 9.78 Å². The van der Waals surface area contributed by atoms with Crippen molar-refractivity contribution in [2.24, 2.45) is 0 Å². The molecule has 0 fully saturated rings.